The quantitative estimate of drug-likeness (QED) is 0.444. The Morgan fingerprint density at radius 3 is 2.73 bits per heavy atom. The lowest BCUT2D eigenvalue weighted by molar-refractivity contribution is 0.0963. The SMILES string of the molecule is C=CCNC(=NCc1nnc(C)n1C)NC1CCN(C(=O)OCC)CC1. The Bertz CT molecular complexity index is 633. The molecule has 9 heteroatoms. The van der Waals surface area contributed by atoms with Crippen LogP contribution in [0.2, 0.25) is 0 Å². The summed E-state index contributed by atoms with van der Waals surface area (Å²) >= 11 is 0. The van der Waals surface area contributed by atoms with E-state index in [0.29, 0.717) is 38.7 Å². The summed E-state index contributed by atoms with van der Waals surface area (Å²) in [6.07, 6.45) is 3.24. The van der Waals surface area contributed by atoms with Gasteiger partial charge in [0.2, 0.25) is 0 Å². The molecule has 2 N–H and O–H groups in total. The second-order valence-electron chi connectivity index (χ2n) is 6.16. The monoisotopic (exact) mass is 363 g/mol. The lowest BCUT2D eigenvalue weighted by Gasteiger charge is -2.32. The average molecular weight is 363 g/mol. The molecule has 0 aliphatic carbocycles. The summed E-state index contributed by atoms with van der Waals surface area (Å²) in [6, 6.07) is 0.248. The summed E-state index contributed by atoms with van der Waals surface area (Å²) in [4.78, 5) is 18.1. The number of hydrogen-bond donors (Lipinski definition) is 2. The Morgan fingerprint density at radius 2 is 2.15 bits per heavy atom. The Kier molecular flexibility index (Phi) is 7.43. The predicted octanol–water partition coefficient (Wildman–Crippen LogP) is 0.966. The molecule has 0 bridgehead atoms. The number of aryl methyl sites for hydroxylation is 1. The third-order valence-corrected chi connectivity index (χ3v) is 4.34. The van der Waals surface area contributed by atoms with Crippen LogP contribution >= 0.6 is 0 Å². The molecule has 0 spiro atoms. The van der Waals surface area contributed by atoms with Gasteiger partial charge in [-0.15, -0.1) is 16.8 Å². The van der Waals surface area contributed by atoms with E-state index in [1.54, 1.807) is 11.0 Å². The van der Waals surface area contributed by atoms with Crippen molar-refractivity contribution in [2.75, 3.05) is 26.2 Å². The van der Waals surface area contributed by atoms with Crippen LogP contribution in [0.4, 0.5) is 4.79 Å². The molecular formula is C17H29N7O2. The number of piperidine rings is 1. The number of aliphatic imine (C=N–C) groups is 1. The first-order valence-corrected chi connectivity index (χ1v) is 8.97. The number of rotatable bonds is 6. The third kappa shape index (κ3) is 5.47. The first kappa shape index (κ1) is 19.7. The van der Waals surface area contributed by atoms with Crippen LogP contribution in [0.3, 0.4) is 0 Å². The zero-order valence-electron chi connectivity index (χ0n) is 15.9. The van der Waals surface area contributed by atoms with Crippen molar-refractivity contribution in [3.63, 3.8) is 0 Å². The summed E-state index contributed by atoms with van der Waals surface area (Å²) in [5.74, 6) is 2.37. The predicted molar refractivity (Wildman–Crippen MR) is 99.8 cm³/mol. The number of carbonyl (C=O) groups excluding carboxylic acids is 1. The fourth-order valence-electron chi connectivity index (χ4n) is 2.67. The Morgan fingerprint density at radius 1 is 1.42 bits per heavy atom. The standard InChI is InChI=1S/C17H29N7O2/c1-5-9-18-16(19-12-15-22-21-13(3)23(15)4)20-14-7-10-24(11-8-14)17(25)26-6-2/h5,14H,1,6-12H2,2-4H3,(H2,18,19,20). The summed E-state index contributed by atoms with van der Waals surface area (Å²) in [5, 5.41) is 14.8. The maximum Gasteiger partial charge on any atom is 0.409 e. The van der Waals surface area contributed by atoms with Crippen LogP contribution in [-0.2, 0) is 18.3 Å². The Balaban J connectivity index is 1.91. The lowest BCUT2D eigenvalue weighted by atomic mass is 10.1. The zero-order chi connectivity index (χ0) is 18.9. The van der Waals surface area contributed by atoms with Crippen LogP contribution in [0, 0.1) is 6.92 Å². The molecule has 1 saturated heterocycles. The van der Waals surface area contributed by atoms with Gasteiger partial charge in [-0.05, 0) is 26.7 Å². The number of aromatic nitrogens is 3. The van der Waals surface area contributed by atoms with E-state index in [0.717, 1.165) is 24.5 Å². The minimum Gasteiger partial charge on any atom is -0.450 e. The number of guanidine groups is 1. The van der Waals surface area contributed by atoms with Gasteiger partial charge in [0.05, 0.1) is 6.61 Å². The first-order chi connectivity index (χ1) is 12.5. The minimum atomic E-state index is -0.234. The van der Waals surface area contributed by atoms with E-state index in [4.69, 9.17) is 4.74 Å². The van der Waals surface area contributed by atoms with Crippen LogP contribution in [-0.4, -0.2) is 64.0 Å². The van der Waals surface area contributed by atoms with E-state index in [-0.39, 0.29) is 12.1 Å². The lowest BCUT2D eigenvalue weighted by Crippen LogP contribution is -2.50. The summed E-state index contributed by atoms with van der Waals surface area (Å²) in [7, 11) is 1.93. The molecule has 1 amide bonds. The average Bonchev–Trinajstić information content (AvgIpc) is 2.96. The highest BCUT2D eigenvalue weighted by Gasteiger charge is 2.24. The number of nitrogens with one attached hydrogen (secondary N) is 2. The highest BCUT2D eigenvalue weighted by molar-refractivity contribution is 5.80. The van der Waals surface area contributed by atoms with Crippen LogP contribution < -0.4 is 10.6 Å². The van der Waals surface area contributed by atoms with Crippen LogP contribution in [0.15, 0.2) is 17.6 Å². The molecule has 1 aliphatic rings. The number of hydrogen-bond acceptors (Lipinski definition) is 5. The van der Waals surface area contributed by atoms with E-state index in [1.165, 1.54) is 0 Å². The van der Waals surface area contributed by atoms with Crippen molar-refractivity contribution in [1.29, 1.82) is 0 Å². The van der Waals surface area contributed by atoms with Gasteiger partial charge in [-0.3, -0.25) is 0 Å². The topological polar surface area (TPSA) is 96.7 Å². The molecule has 1 aliphatic heterocycles. The van der Waals surface area contributed by atoms with E-state index in [1.807, 2.05) is 25.5 Å². The molecule has 0 atom stereocenters. The molecular weight excluding hydrogens is 334 g/mol. The third-order valence-electron chi connectivity index (χ3n) is 4.34. The molecule has 0 radical (unpaired) electrons. The molecule has 0 saturated carbocycles. The number of likely N-dealkylation sites (tertiary alicyclic amines) is 1. The van der Waals surface area contributed by atoms with Gasteiger partial charge in [-0.2, -0.15) is 0 Å². The number of nitrogens with zero attached hydrogens (tertiary/aromatic N) is 5. The molecule has 2 heterocycles. The van der Waals surface area contributed by atoms with Gasteiger partial charge >= 0.3 is 6.09 Å². The van der Waals surface area contributed by atoms with E-state index >= 15 is 0 Å². The molecule has 1 aromatic rings. The van der Waals surface area contributed by atoms with Crippen LogP contribution in [0.1, 0.15) is 31.4 Å². The molecule has 144 valence electrons. The molecule has 9 nitrogen and oxygen atoms in total. The normalized spacial score (nSPS) is 15.7. The molecule has 2 rings (SSSR count). The number of carbonyl (C=O) groups is 1. The molecule has 0 aromatic carbocycles. The molecule has 0 unspecified atom stereocenters. The Hall–Kier alpha value is -2.58. The first-order valence-electron chi connectivity index (χ1n) is 8.97. The van der Waals surface area contributed by atoms with E-state index in [9.17, 15) is 4.79 Å². The fourth-order valence-corrected chi connectivity index (χ4v) is 2.67. The summed E-state index contributed by atoms with van der Waals surface area (Å²) in [6.45, 7) is 10.3. The number of amides is 1. The van der Waals surface area contributed by atoms with Crippen molar-refractivity contribution in [3.05, 3.63) is 24.3 Å². The van der Waals surface area contributed by atoms with Gasteiger partial charge in [0.25, 0.3) is 0 Å². The van der Waals surface area contributed by atoms with Crippen molar-refractivity contribution >= 4 is 12.1 Å². The van der Waals surface area contributed by atoms with Crippen molar-refractivity contribution in [1.82, 2.24) is 30.3 Å². The van der Waals surface area contributed by atoms with Crippen molar-refractivity contribution in [2.24, 2.45) is 12.0 Å². The van der Waals surface area contributed by atoms with E-state index in [2.05, 4.69) is 32.4 Å². The minimum absolute atomic E-state index is 0.234. The highest BCUT2D eigenvalue weighted by Crippen LogP contribution is 2.11. The maximum atomic E-state index is 11.8. The van der Waals surface area contributed by atoms with E-state index < -0.39 is 0 Å². The second kappa shape index (κ2) is 9.79. The number of ether oxygens (including phenoxy) is 1. The Labute approximate surface area is 154 Å². The smallest absolute Gasteiger partial charge is 0.409 e. The second-order valence-corrected chi connectivity index (χ2v) is 6.16. The van der Waals surface area contributed by atoms with Gasteiger partial charge in [0.1, 0.15) is 12.4 Å². The maximum absolute atomic E-state index is 11.8. The highest BCUT2D eigenvalue weighted by atomic mass is 16.6. The van der Waals surface area contributed by atoms with Crippen molar-refractivity contribution in [3.8, 4) is 0 Å². The van der Waals surface area contributed by atoms with Gasteiger partial charge in [-0.25, -0.2) is 9.79 Å². The van der Waals surface area contributed by atoms with Crippen molar-refractivity contribution in [2.45, 2.75) is 39.3 Å². The fraction of sp³-hybridized carbons (Fsp3) is 0.647. The zero-order valence-corrected chi connectivity index (χ0v) is 15.9. The molecule has 1 aromatic heterocycles. The van der Waals surface area contributed by atoms with Crippen LogP contribution in [0.5, 0.6) is 0 Å². The van der Waals surface area contributed by atoms with Crippen LogP contribution in [0.25, 0.3) is 0 Å². The molecule has 1 fully saturated rings. The summed E-state index contributed by atoms with van der Waals surface area (Å²) in [5.41, 5.74) is 0. The molecule has 26 heavy (non-hydrogen) atoms. The van der Waals surface area contributed by atoms with Gasteiger partial charge in [0, 0.05) is 32.7 Å². The van der Waals surface area contributed by atoms with Gasteiger partial charge in [0.15, 0.2) is 11.8 Å². The van der Waals surface area contributed by atoms with Gasteiger partial charge in [-0.1, -0.05) is 6.08 Å². The van der Waals surface area contributed by atoms with Gasteiger partial charge < -0.3 is 24.8 Å². The summed E-state index contributed by atoms with van der Waals surface area (Å²) < 4.78 is 6.98. The largest absolute Gasteiger partial charge is 0.450 e. The van der Waals surface area contributed by atoms with Crippen molar-refractivity contribution < 1.29 is 9.53 Å².